The number of nitrogens with zero attached hydrogens (tertiary/aromatic N) is 1. The highest BCUT2D eigenvalue weighted by atomic mass is 17.0. The van der Waals surface area contributed by atoms with E-state index in [1.165, 1.54) is 0 Å². The van der Waals surface area contributed by atoms with Gasteiger partial charge < -0.3 is 24.7 Å². The van der Waals surface area contributed by atoms with Crippen molar-refractivity contribution in [2.75, 3.05) is 26.4 Å². The lowest BCUT2D eigenvalue weighted by Crippen LogP contribution is -2.37. The first kappa shape index (κ1) is 20.0. The van der Waals surface area contributed by atoms with E-state index in [9.17, 15) is 15.2 Å². The van der Waals surface area contributed by atoms with Gasteiger partial charge in [0.25, 0.3) is 5.09 Å². The fourth-order valence-corrected chi connectivity index (χ4v) is 2.03. The number of ether oxygens (including phenoxy) is 2. The van der Waals surface area contributed by atoms with Crippen molar-refractivity contribution in [2.24, 2.45) is 0 Å². The molecule has 0 heterocycles. The molecule has 1 aromatic rings. The van der Waals surface area contributed by atoms with Crippen LogP contribution >= 0.6 is 0 Å². The molecule has 0 radical (unpaired) electrons. The SMILES string of the molecule is CCC(CC)NCC(O)COc1ccc(OCCO[N+](=O)[O-])cc1. The van der Waals surface area contributed by atoms with Crippen molar-refractivity contribution in [3.8, 4) is 11.5 Å². The summed E-state index contributed by atoms with van der Waals surface area (Å²) in [6.07, 6.45) is 1.47. The second-order valence-corrected chi connectivity index (χ2v) is 5.26. The van der Waals surface area contributed by atoms with E-state index in [-0.39, 0.29) is 19.8 Å². The Kier molecular flexibility index (Phi) is 9.55. The van der Waals surface area contributed by atoms with Gasteiger partial charge in [0.1, 0.15) is 37.4 Å². The maximum absolute atomic E-state index is 9.99. The molecule has 24 heavy (non-hydrogen) atoms. The molecule has 136 valence electrons. The molecule has 1 unspecified atom stereocenters. The van der Waals surface area contributed by atoms with E-state index in [1.807, 2.05) is 0 Å². The van der Waals surface area contributed by atoms with Crippen LogP contribution in [0, 0.1) is 10.1 Å². The first-order valence-corrected chi connectivity index (χ1v) is 8.09. The summed E-state index contributed by atoms with van der Waals surface area (Å²) < 4.78 is 10.8. The average Bonchev–Trinajstić information content (AvgIpc) is 2.58. The number of benzene rings is 1. The van der Waals surface area contributed by atoms with Crippen LogP contribution in [0.25, 0.3) is 0 Å². The lowest BCUT2D eigenvalue weighted by atomic mass is 10.1. The summed E-state index contributed by atoms with van der Waals surface area (Å²) in [6.45, 7) is 4.87. The molecular weight excluding hydrogens is 316 g/mol. The largest absolute Gasteiger partial charge is 0.492 e. The van der Waals surface area contributed by atoms with Gasteiger partial charge in [-0.3, -0.25) is 0 Å². The van der Waals surface area contributed by atoms with E-state index in [2.05, 4.69) is 24.0 Å². The third-order valence-corrected chi connectivity index (χ3v) is 3.44. The molecule has 0 fully saturated rings. The maximum atomic E-state index is 9.99. The van der Waals surface area contributed by atoms with Crippen LogP contribution < -0.4 is 14.8 Å². The Balaban J connectivity index is 2.25. The molecule has 1 rings (SSSR count). The second kappa shape index (κ2) is 11.5. The number of aliphatic hydroxyl groups is 1. The maximum Gasteiger partial charge on any atom is 0.294 e. The highest BCUT2D eigenvalue weighted by Crippen LogP contribution is 2.17. The van der Waals surface area contributed by atoms with E-state index >= 15 is 0 Å². The first-order chi connectivity index (χ1) is 11.5. The highest BCUT2D eigenvalue weighted by Gasteiger charge is 2.08. The van der Waals surface area contributed by atoms with Crippen molar-refractivity contribution in [2.45, 2.75) is 38.8 Å². The summed E-state index contributed by atoms with van der Waals surface area (Å²) >= 11 is 0. The minimum absolute atomic E-state index is 0.0849. The second-order valence-electron chi connectivity index (χ2n) is 5.26. The monoisotopic (exact) mass is 342 g/mol. The van der Waals surface area contributed by atoms with Crippen molar-refractivity contribution in [3.05, 3.63) is 34.4 Å². The number of rotatable bonds is 13. The molecule has 0 aliphatic rings. The van der Waals surface area contributed by atoms with Gasteiger partial charge in [0.05, 0.1) is 0 Å². The van der Waals surface area contributed by atoms with Crippen LogP contribution in [0.3, 0.4) is 0 Å². The van der Waals surface area contributed by atoms with Crippen LogP contribution in [0.15, 0.2) is 24.3 Å². The summed E-state index contributed by atoms with van der Waals surface area (Å²) in [5.74, 6) is 1.18. The Hall–Kier alpha value is -2.06. The van der Waals surface area contributed by atoms with Crippen LogP contribution in [0.1, 0.15) is 26.7 Å². The summed E-state index contributed by atoms with van der Waals surface area (Å²) in [6, 6.07) is 7.22. The van der Waals surface area contributed by atoms with Gasteiger partial charge >= 0.3 is 0 Å². The number of hydrogen-bond acceptors (Lipinski definition) is 7. The Morgan fingerprint density at radius 1 is 1.12 bits per heavy atom. The van der Waals surface area contributed by atoms with Crippen molar-refractivity contribution in [1.82, 2.24) is 5.32 Å². The predicted molar refractivity (Wildman–Crippen MR) is 88.8 cm³/mol. The van der Waals surface area contributed by atoms with Gasteiger partial charge in [0.2, 0.25) is 0 Å². The number of hydrogen-bond donors (Lipinski definition) is 2. The molecular formula is C16H26N2O6. The van der Waals surface area contributed by atoms with E-state index in [4.69, 9.17) is 9.47 Å². The third-order valence-electron chi connectivity index (χ3n) is 3.44. The van der Waals surface area contributed by atoms with Crippen LogP contribution in [0.2, 0.25) is 0 Å². The van der Waals surface area contributed by atoms with Crippen molar-refractivity contribution >= 4 is 0 Å². The molecule has 1 aromatic carbocycles. The lowest BCUT2D eigenvalue weighted by Gasteiger charge is -2.18. The van der Waals surface area contributed by atoms with E-state index in [1.54, 1.807) is 24.3 Å². The zero-order chi connectivity index (χ0) is 17.8. The molecule has 0 saturated carbocycles. The molecule has 2 N–H and O–H groups in total. The van der Waals surface area contributed by atoms with Gasteiger partial charge in [-0.2, -0.15) is 0 Å². The summed E-state index contributed by atoms with van der Waals surface area (Å²) in [5.41, 5.74) is 0. The molecule has 0 aliphatic carbocycles. The Morgan fingerprint density at radius 2 is 1.71 bits per heavy atom. The molecule has 0 aliphatic heterocycles. The smallest absolute Gasteiger partial charge is 0.294 e. The number of aliphatic hydroxyl groups excluding tert-OH is 1. The highest BCUT2D eigenvalue weighted by molar-refractivity contribution is 5.31. The normalized spacial score (nSPS) is 12.0. The van der Waals surface area contributed by atoms with Crippen molar-refractivity contribution in [1.29, 1.82) is 0 Å². The van der Waals surface area contributed by atoms with Gasteiger partial charge in [0.15, 0.2) is 0 Å². The first-order valence-electron chi connectivity index (χ1n) is 8.09. The standard InChI is InChI=1S/C16H26N2O6/c1-3-13(4-2)17-11-14(19)12-23-16-7-5-15(6-8-16)22-9-10-24-18(20)21/h5-8,13-14,17,19H,3-4,9-12H2,1-2H3. The van der Waals surface area contributed by atoms with Crippen LogP contribution in [0.4, 0.5) is 0 Å². The van der Waals surface area contributed by atoms with Crippen molar-refractivity contribution < 1.29 is 24.5 Å². The van der Waals surface area contributed by atoms with Gasteiger partial charge in [-0.15, -0.1) is 10.1 Å². The fourth-order valence-electron chi connectivity index (χ4n) is 2.03. The molecule has 1 atom stereocenters. The zero-order valence-electron chi connectivity index (χ0n) is 14.1. The topological polar surface area (TPSA) is 103 Å². The Bertz CT molecular complexity index is 464. The van der Waals surface area contributed by atoms with Crippen molar-refractivity contribution in [3.63, 3.8) is 0 Å². The third kappa shape index (κ3) is 8.54. The van der Waals surface area contributed by atoms with Crippen LogP contribution in [-0.4, -0.2) is 48.7 Å². The van der Waals surface area contributed by atoms with Crippen LogP contribution in [0.5, 0.6) is 11.5 Å². The minimum atomic E-state index is -0.857. The van der Waals surface area contributed by atoms with E-state index in [0.717, 1.165) is 12.8 Å². The molecule has 8 nitrogen and oxygen atoms in total. The predicted octanol–water partition coefficient (Wildman–Crippen LogP) is 1.79. The summed E-state index contributed by atoms with van der Waals surface area (Å²) in [7, 11) is 0. The zero-order valence-corrected chi connectivity index (χ0v) is 14.1. The molecule has 8 heteroatoms. The summed E-state index contributed by atoms with van der Waals surface area (Å²) in [4.78, 5) is 14.1. The van der Waals surface area contributed by atoms with Gasteiger partial charge in [-0.1, -0.05) is 13.8 Å². The van der Waals surface area contributed by atoms with Crippen LogP contribution in [-0.2, 0) is 4.84 Å². The van der Waals surface area contributed by atoms with E-state index < -0.39 is 11.2 Å². The quantitative estimate of drug-likeness (QED) is 0.320. The average molecular weight is 342 g/mol. The summed E-state index contributed by atoms with van der Waals surface area (Å²) in [5, 5.41) is 22.3. The molecule has 0 amide bonds. The number of nitrogens with one attached hydrogen (secondary N) is 1. The Labute approximate surface area is 141 Å². The minimum Gasteiger partial charge on any atom is -0.492 e. The molecule has 0 bridgehead atoms. The van der Waals surface area contributed by atoms with E-state index in [0.29, 0.717) is 24.1 Å². The molecule has 0 spiro atoms. The van der Waals surface area contributed by atoms with Gasteiger partial charge in [-0.05, 0) is 37.1 Å². The van der Waals surface area contributed by atoms with Gasteiger partial charge in [-0.25, -0.2) is 0 Å². The van der Waals surface area contributed by atoms with Gasteiger partial charge in [0, 0.05) is 12.6 Å². The Morgan fingerprint density at radius 3 is 2.25 bits per heavy atom. The molecule has 0 saturated heterocycles. The lowest BCUT2D eigenvalue weighted by molar-refractivity contribution is -0.757. The molecule has 0 aromatic heterocycles. The fraction of sp³-hybridized carbons (Fsp3) is 0.625.